The van der Waals surface area contributed by atoms with Gasteiger partial charge in [-0.05, 0) is 37.8 Å². The summed E-state index contributed by atoms with van der Waals surface area (Å²) in [7, 11) is 0. The molecule has 0 atom stereocenters. The third kappa shape index (κ3) is 3.78. The molecule has 2 aromatic heterocycles. The van der Waals surface area contributed by atoms with E-state index in [0.29, 0.717) is 47.0 Å². The Morgan fingerprint density at radius 3 is 2.50 bits per heavy atom. The number of alkyl halides is 1. The number of halogens is 3. The molecule has 3 aliphatic rings. The van der Waals surface area contributed by atoms with Gasteiger partial charge in [0.1, 0.15) is 6.17 Å². The Hall–Kier alpha value is -2.16. The van der Waals surface area contributed by atoms with Crippen molar-refractivity contribution < 1.29 is 4.39 Å². The van der Waals surface area contributed by atoms with E-state index in [4.69, 9.17) is 28.2 Å². The van der Waals surface area contributed by atoms with Gasteiger partial charge in [-0.3, -0.25) is 4.90 Å². The Balaban J connectivity index is 1.20. The Bertz CT molecular complexity index is 1150. The van der Waals surface area contributed by atoms with Crippen LogP contribution in [0.15, 0.2) is 24.5 Å². The molecule has 3 aromatic rings. The molecule has 0 amide bonds. The molecule has 32 heavy (non-hydrogen) atoms. The van der Waals surface area contributed by atoms with E-state index < -0.39 is 6.17 Å². The molecule has 0 unspecified atom stereocenters. The molecule has 0 spiro atoms. The summed E-state index contributed by atoms with van der Waals surface area (Å²) in [6.45, 7) is 2.96. The van der Waals surface area contributed by atoms with Crippen molar-refractivity contribution in [1.29, 1.82) is 0 Å². The maximum absolute atomic E-state index is 13.2. The summed E-state index contributed by atoms with van der Waals surface area (Å²) in [5.41, 5.74) is 2.50. The first kappa shape index (κ1) is 20.4. The summed E-state index contributed by atoms with van der Waals surface area (Å²) in [6.07, 6.45) is 7.09. The Labute approximate surface area is 195 Å². The first-order valence-electron chi connectivity index (χ1n) is 11.1. The molecule has 1 saturated carbocycles. The number of hydrogen-bond donors (Lipinski definition) is 1. The second kappa shape index (κ2) is 8.01. The van der Waals surface area contributed by atoms with Crippen LogP contribution in [0.5, 0.6) is 0 Å². The number of aromatic nitrogens is 4. The van der Waals surface area contributed by atoms with Crippen LogP contribution in [-0.2, 0) is 0 Å². The van der Waals surface area contributed by atoms with Crippen LogP contribution in [0.25, 0.3) is 10.9 Å². The fourth-order valence-corrected chi connectivity index (χ4v) is 5.26. The van der Waals surface area contributed by atoms with E-state index in [1.807, 2.05) is 16.8 Å². The smallest absolute Gasteiger partial charge is 0.227 e. The molecular weight excluding hydrogens is 452 g/mol. The maximum Gasteiger partial charge on any atom is 0.227 e. The fourth-order valence-electron chi connectivity index (χ4n) is 4.69. The number of fused-ring (bicyclic) bond motifs is 1. The average Bonchev–Trinajstić information content (AvgIpc) is 3.55. The molecule has 10 heteroatoms. The predicted octanol–water partition coefficient (Wildman–Crippen LogP) is 4.83. The highest BCUT2D eigenvalue weighted by Gasteiger charge is 2.34. The summed E-state index contributed by atoms with van der Waals surface area (Å²) in [4.78, 5) is 13.7. The number of benzene rings is 1. The van der Waals surface area contributed by atoms with Crippen LogP contribution < -0.4 is 10.2 Å². The molecule has 0 radical (unpaired) electrons. The highest BCUT2D eigenvalue weighted by molar-refractivity contribution is 6.34. The number of anilines is 3. The van der Waals surface area contributed by atoms with E-state index in [2.05, 4.69) is 25.2 Å². The monoisotopic (exact) mass is 475 g/mol. The van der Waals surface area contributed by atoms with E-state index >= 15 is 0 Å². The standard InChI is InChI=1S/C22H24Cl2FN7/c23-17-7-13-9-26-22(29-19-10-27-32(21(19)24)16-1-2-16)28-18(13)8-20(17)30-5-3-15(4-6-30)31-11-14(25)12-31/h7-10,14-16H,1-6,11-12H2,(H,26,28,29). The van der Waals surface area contributed by atoms with E-state index in [1.165, 1.54) is 0 Å². The van der Waals surface area contributed by atoms with Gasteiger partial charge in [-0.25, -0.2) is 19.0 Å². The van der Waals surface area contributed by atoms with Crippen molar-refractivity contribution in [2.45, 2.75) is 43.9 Å². The van der Waals surface area contributed by atoms with E-state index in [1.54, 1.807) is 12.4 Å². The first-order valence-corrected chi connectivity index (χ1v) is 11.9. The minimum atomic E-state index is -0.650. The molecule has 6 rings (SSSR count). The fraction of sp³-hybridized carbons (Fsp3) is 0.500. The topological polar surface area (TPSA) is 62.1 Å². The van der Waals surface area contributed by atoms with Crippen LogP contribution in [-0.4, -0.2) is 63.0 Å². The zero-order valence-corrected chi connectivity index (χ0v) is 19.0. The summed E-state index contributed by atoms with van der Waals surface area (Å²) >= 11 is 13.1. The third-order valence-electron chi connectivity index (χ3n) is 6.71. The van der Waals surface area contributed by atoms with Gasteiger partial charge in [0.2, 0.25) is 5.95 Å². The van der Waals surface area contributed by atoms with Gasteiger partial charge < -0.3 is 10.2 Å². The number of nitrogens with zero attached hydrogens (tertiary/aromatic N) is 6. The van der Waals surface area contributed by atoms with Gasteiger partial charge in [-0.15, -0.1) is 0 Å². The molecule has 3 fully saturated rings. The minimum Gasteiger partial charge on any atom is -0.370 e. The largest absolute Gasteiger partial charge is 0.370 e. The lowest BCUT2D eigenvalue weighted by molar-refractivity contribution is 0.0188. The highest BCUT2D eigenvalue weighted by Crippen LogP contribution is 2.39. The van der Waals surface area contributed by atoms with Gasteiger partial charge in [0.25, 0.3) is 0 Å². The molecule has 1 aliphatic carbocycles. The van der Waals surface area contributed by atoms with Gasteiger partial charge in [0.15, 0.2) is 5.15 Å². The quantitative estimate of drug-likeness (QED) is 0.569. The van der Waals surface area contributed by atoms with E-state index in [-0.39, 0.29) is 0 Å². The van der Waals surface area contributed by atoms with Gasteiger partial charge in [-0.1, -0.05) is 23.2 Å². The van der Waals surface area contributed by atoms with Crippen molar-refractivity contribution in [1.82, 2.24) is 24.6 Å². The SMILES string of the molecule is FC1CN(C2CCN(c3cc4nc(Nc5cnn(C6CC6)c5Cl)ncc4cc3Cl)CC2)C1. The lowest BCUT2D eigenvalue weighted by atomic mass is 9.98. The molecule has 2 aliphatic heterocycles. The Kier molecular flexibility index (Phi) is 5.12. The number of piperidine rings is 1. The van der Waals surface area contributed by atoms with Gasteiger partial charge in [-0.2, -0.15) is 5.10 Å². The number of nitrogens with one attached hydrogen (secondary N) is 1. The second-order valence-corrected chi connectivity index (χ2v) is 9.74. The Morgan fingerprint density at radius 2 is 1.78 bits per heavy atom. The van der Waals surface area contributed by atoms with Gasteiger partial charge in [0.05, 0.1) is 34.2 Å². The van der Waals surface area contributed by atoms with E-state index in [0.717, 1.165) is 55.4 Å². The molecular formula is C22H24Cl2FN7. The molecule has 168 valence electrons. The average molecular weight is 476 g/mol. The van der Waals surface area contributed by atoms with Crippen LogP contribution >= 0.6 is 23.2 Å². The van der Waals surface area contributed by atoms with Gasteiger partial charge in [0, 0.05) is 43.8 Å². The lowest BCUT2D eigenvalue weighted by Crippen LogP contribution is -2.56. The normalized spacial score (nSPS) is 20.7. The van der Waals surface area contributed by atoms with Crippen molar-refractivity contribution in [3.8, 4) is 0 Å². The van der Waals surface area contributed by atoms with Crippen LogP contribution in [0, 0.1) is 0 Å². The zero-order chi connectivity index (χ0) is 21.8. The number of likely N-dealkylation sites (tertiary alicyclic amines) is 1. The highest BCUT2D eigenvalue weighted by atomic mass is 35.5. The van der Waals surface area contributed by atoms with Crippen molar-refractivity contribution in [2.75, 3.05) is 36.4 Å². The van der Waals surface area contributed by atoms with E-state index in [9.17, 15) is 4.39 Å². The summed E-state index contributed by atoms with van der Waals surface area (Å²) in [5.74, 6) is 0.472. The molecule has 4 heterocycles. The first-order chi connectivity index (χ1) is 15.5. The third-order valence-corrected chi connectivity index (χ3v) is 7.39. The number of hydrogen-bond acceptors (Lipinski definition) is 6. The molecule has 1 N–H and O–H groups in total. The van der Waals surface area contributed by atoms with Crippen LogP contribution in [0.3, 0.4) is 0 Å². The molecule has 1 aromatic carbocycles. The van der Waals surface area contributed by atoms with Gasteiger partial charge >= 0.3 is 0 Å². The summed E-state index contributed by atoms with van der Waals surface area (Å²) < 4.78 is 15.0. The molecule has 0 bridgehead atoms. The second-order valence-electron chi connectivity index (χ2n) is 8.98. The van der Waals surface area contributed by atoms with Crippen molar-refractivity contribution >= 4 is 51.4 Å². The Morgan fingerprint density at radius 1 is 1.00 bits per heavy atom. The van der Waals surface area contributed by atoms with Crippen molar-refractivity contribution in [3.63, 3.8) is 0 Å². The summed E-state index contributed by atoms with van der Waals surface area (Å²) in [5, 5.41) is 9.73. The summed E-state index contributed by atoms with van der Waals surface area (Å²) in [6, 6.07) is 4.82. The zero-order valence-electron chi connectivity index (χ0n) is 17.5. The van der Waals surface area contributed by atoms with Crippen molar-refractivity contribution in [2.24, 2.45) is 0 Å². The maximum atomic E-state index is 13.2. The van der Waals surface area contributed by atoms with Crippen LogP contribution in [0.2, 0.25) is 10.2 Å². The predicted molar refractivity (Wildman–Crippen MR) is 125 cm³/mol. The van der Waals surface area contributed by atoms with Crippen LogP contribution in [0.4, 0.5) is 21.7 Å². The molecule has 2 saturated heterocycles. The number of rotatable bonds is 5. The molecule has 7 nitrogen and oxygen atoms in total. The van der Waals surface area contributed by atoms with Crippen LogP contribution in [0.1, 0.15) is 31.7 Å². The van der Waals surface area contributed by atoms with Crippen molar-refractivity contribution in [3.05, 3.63) is 34.7 Å². The minimum absolute atomic E-state index is 0.406. The lowest BCUT2D eigenvalue weighted by Gasteiger charge is -2.45.